The monoisotopic (exact) mass is 491 g/mol. The number of anilines is 1. The van der Waals surface area contributed by atoms with Crippen LogP contribution < -0.4 is 10.5 Å². The standard InChI is InChI=1S/C33H37N3O/c1-3-29-20-25(2)33(37)34-32(29)30-14-16-31(17-15-30)36-19-18-28(24-36)23-35(21-26-10-6-4-7-11-26)22-27-12-8-5-9-13-27/h4-17,20,28H,3,18-19,21-24H2,1-2H3,(H,34,37). The predicted molar refractivity (Wildman–Crippen MR) is 154 cm³/mol. The van der Waals surface area contributed by atoms with E-state index in [9.17, 15) is 4.79 Å². The van der Waals surface area contributed by atoms with Gasteiger partial charge in [0.2, 0.25) is 0 Å². The molecule has 2 heterocycles. The molecule has 1 atom stereocenters. The summed E-state index contributed by atoms with van der Waals surface area (Å²) in [5.41, 5.74) is 7.96. The summed E-state index contributed by atoms with van der Waals surface area (Å²) < 4.78 is 0. The molecule has 1 aromatic heterocycles. The molecular weight excluding hydrogens is 454 g/mol. The second-order valence-corrected chi connectivity index (χ2v) is 10.3. The van der Waals surface area contributed by atoms with Crippen LogP contribution in [-0.2, 0) is 19.5 Å². The SMILES string of the molecule is CCc1cc(C)c(=O)[nH]c1-c1ccc(N2CCC(CN(Cc3ccccc3)Cc3ccccc3)C2)cc1. The molecule has 5 rings (SSSR count). The fourth-order valence-corrected chi connectivity index (χ4v) is 5.52. The molecule has 1 unspecified atom stereocenters. The van der Waals surface area contributed by atoms with Gasteiger partial charge in [0.05, 0.1) is 5.69 Å². The highest BCUT2D eigenvalue weighted by Gasteiger charge is 2.25. The summed E-state index contributed by atoms with van der Waals surface area (Å²) in [5.74, 6) is 0.632. The zero-order chi connectivity index (χ0) is 25.6. The van der Waals surface area contributed by atoms with Crippen molar-refractivity contribution in [2.75, 3.05) is 24.5 Å². The van der Waals surface area contributed by atoms with Crippen molar-refractivity contribution in [3.8, 4) is 11.3 Å². The number of benzene rings is 3. The lowest BCUT2D eigenvalue weighted by molar-refractivity contribution is 0.221. The number of pyridine rings is 1. The van der Waals surface area contributed by atoms with E-state index in [2.05, 4.69) is 107 Å². The van der Waals surface area contributed by atoms with Crippen LogP contribution in [-0.4, -0.2) is 29.5 Å². The van der Waals surface area contributed by atoms with Crippen molar-refractivity contribution >= 4 is 5.69 Å². The van der Waals surface area contributed by atoms with E-state index in [1.807, 2.05) is 13.0 Å². The second kappa shape index (κ2) is 11.6. The third-order valence-electron chi connectivity index (χ3n) is 7.51. The Labute approximate surface area is 220 Å². The van der Waals surface area contributed by atoms with Crippen LogP contribution in [0.1, 0.15) is 35.6 Å². The quantitative estimate of drug-likeness (QED) is 0.293. The molecule has 0 spiro atoms. The molecule has 1 aliphatic heterocycles. The largest absolute Gasteiger partial charge is 0.371 e. The van der Waals surface area contributed by atoms with Crippen molar-refractivity contribution in [3.05, 3.63) is 124 Å². The lowest BCUT2D eigenvalue weighted by Crippen LogP contribution is -2.30. The van der Waals surface area contributed by atoms with E-state index in [0.29, 0.717) is 5.92 Å². The Kier molecular flexibility index (Phi) is 7.86. The van der Waals surface area contributed by atoms with Crippen molar-refractivity contribution in [2.24, 2.45) is 5.92 Å². The van der Waals surface area contributed by atoms with Gasteiger partial charge in [-0.2, -0.15) is 0 Å². The lowest BCUT2D eigenvalue weighted by atomic mass is 10.0. The summed E-state index contributed by atoms with van der Waals surface area (Å²) in [6.07, 6.45) is 2.10. The first kappa shape index (κ1) is 25.0. The van der Waals surface area contributed by atoms with Crippen LogP contribution in [0.3, 0.4) is 0 Å². The molecule has 0 amide bonds. The van der Waals surface area contributed by atoms with Gasteiger partial charge in [-0.25, -0.2) is 0 Å². The second-order valence-electron chi connectivity index (χ2n) is 10.3. The van der Waals surface area contributed by atoms with Gasteiger partial charge < -0.3 is 9.88 Å². The van der Waals surface area contributed by atoms with E-state index in [-0.39, 0.29) is 5.56 Å². The molecule has 0 radical (unpaired) electrons. The molecular formula is C33H37N3O. The predicted octanol–water partition coefficient (Wildman–Crippen LogP) is 6.44. The Morgan fingerprint density at radius 1 is 0.892 bits per heavy atom. The van der Waals surface area contributed by atoms with E-state index in [1.54, 1.807) is 0 Å². The Hall–Kier alpha value is -3.63. The highest BCUT2D eigenvalue weighted by molar-refractivity contribution is 5.66. The maximum atomic E-state index is 12.2. The van der Waals surface area contributed by atoms with Gasteiger partial charge in [0, 0.05) is 44.0 Å². The first-order valence-electron chi connectivity index (χ1n) is 13.5. The number of aromatic amines is 1. The molecule has 0 aliphatic carbocycles. The fourth-order valence-electron chi connectivity index (χ4n) is 5.52. The molecule has 3 aromatic carbocycles. The summed E-state index contributed by atoms with van der Waals surface area (Å²) >= 11 is 0. The topological polar surface area (TPSA) is 39.3 Å². The summed E-state index contributed by atoms with van der Waals surface area (Å²) in [6, 6.07) is 32.4. The van der Waals surface area contributed by atoms with Gasteiger partial charge >= 0.3 is 0 Å². The normalized spacial score (nSPS) is 15.4. The zero-order valence-electron chi connectivity index (χ0n) is 22.0. The highest BCUT2D eigenvalue weighted by atomic mass is 16.1. The van der Waals surface area contributed by atoms with Crippen molar-refractivity contribution in [2.45, 2.75) is 39.8 Å². The molecule has 1 aliphatic rings. The van der Waals surface area contributed by atoms with Crippen LogP contribution in [0.2, 0.25) is 0 Å². The minimum absolute atomic E-state index is 0.00535. The number of H-pyrrole nitrogens is 1. The summed E-state index contributed by atoms with van der Waals surface area (Å²) in [5, 5.41) is 0. The van der Waals surface area contributed by atoms with E-state index in [4.69, 9.17) is 0 Å². The number of hydrogen-bond acceptors (Lipinski definition) is 3. The van der Waals surface area contributed by atoms with Crippen molar-refractivity contribution in [1.29, 1.82) is 0 Å². The summed E-state index contributed by atoms with van der Waals surface area (Å²) in [6.45, 7) is 9.18. The number of hydrogen-bond donors (Lipinski definition) is 1. The number of aryl methyl sites for hydroxylation is 2. The van der Waals surface area contributed by atoms with E-state index < -0.39 is 0 Å². The summed E-state index contributed by atoms with van der Waals surface area (Å²) in [7, 11) is 0. The van der Waals surface area contributed by atoms with Gasteiger partial charge in [-0.1, -0.05) is 79.7 Å². The summed E-state index contributed by atoms with van der Waals surface area (Å²) in [4.78, 5) is 20.4. The Morgan fingerprint density at radius 2 is 1.51 bits per heavy atom. The highest BCUT2D eigenvalue weighted by Crippen LogP contribution is 2.29. The average molecular weight is 492 g/mol. The minimum Gasteiger partial charge on any atom is -0.371 e. The van der Waals surface area contributed by atoms with Crippen molar-refractivity contribution in [1.82, 2.24) is 9.88 Å². The van der Waals surface area contributed by atoms with E-state index in [0.717, 1.165) is 56.0 Å². The molecule has 1 fully saturated rings. The van der Waals surface area contributed by atoms with Gasteiger partial charge in [-0.05, 0) is 66.1 Å². The Balaban J connectivity index is 1.26. The molecule has 1 N–H and O–H groups in total. The molecule has 1 saturated heterocycles. The van der Waals surface area contributed by atoms with Crippen LogP contribution in [0.4, 0.5) is 5.69 Å². The smallest absolute Gasteiger partial charge is 0.251 e. The van der Waals surface area contributed by atoms with Gasteiger partial charge in [-0.15, -0.1) is 0 Å². The number of rotatable bonds is 9. The molecule has 0 bridgehead atoms. The van der Waals surface area contributed by atoms with Crippen molar-refractivity contribution in [3.63, 3.8) is 0 Å². The molecule has 4 heteroatoms. The average Bonchev–Trinajstić information content (AvgIpc) is 3.39. The third-order valence-corrected chi connectivity index (χ3v) is 7.51. The van der Waals surface area contributed by atoms with Crippen LogP contribution >= 0.6 is 0 Å². The number of aromatic nitrogens is 1. The molecule has 4 nitrogen and oxygen atoms in total. The maximum Gasteiger partial charge on any atom is 0.251 e. The van der Waals surface area contributed by atoms with Gasteiger partial charge in [0.25, 0.3) is 5.56 Å². The van der Waals surface area contributed by atoms with E-state index in [1.165, 1.54) is 28.8 Å². The fraction of sp³-hybridized carbons (Fsp3) is 0.303. The lowest BCUT2D eigenvalue weighted by Gasteiger charge is -2.26. The molecule has 37 heavy (non-hydrogen) atoms. The van der Waals surface area contributed by atoms with Crippen molar-refractivity contribution < 1.29 is 0 Å². The van der Waals surface area contributed by atoms with Crippen LogP contribution in [0, 0.1) is 12.8 Å². The van der Waals surface area contributed by atoms with Crippen LogP contribution in [0.15, 0.2) is 95.8 Å². The molecule has 4 aromatic rings. The molecule has 190 valence electrons. The molecule has 0 saturated carbocycles. The minimum atomic E-state index is -0.00535. The number of nitrogens with one attached hydrogen (secondary N) is 1. The number of nitrogens with zero attached hydrogens (tertiary/aromatic N) is 2. The Morgan fingerprint density at radius 3 is 2.11 bits per heavy atom. The van der Waals surface area contributed by atoms with Crippen LogP contribution in [0.5, 0.6) is 0 Å². The van der Waals surface area contributed by atoms with Gasteiger partial charge in [-0.3, -0.25) is 9.69 Å². The van der Waals surface area contributed by atoms with Gasteiger partial charge in [0.15, 0.2) is 0 Å². The first-order chi connectivity index (χ1) is 18.1. The van der Waals surface area contributed by atoms with Crippen LogP contribution in [0.25, 0.3) is 11.3 Å². The first-order valence-corrected chi connectivity index (χ1v) is 13.5. The van der Waals surface area contributed by atoms with E-state index >= 15 is 0 Å². The third kappa shape index (κ3) is 6.20. The zero-order valence-corrected chi connectivity index (χ0v) is 22.0. The van der Waals surface area contributed by atoms with Gasteiger partial charge in [0.1, 0.15) is 0 Å². The maximum absolute atomic E-state index is 12.2. The Bertz CT molecular complexity index is 1300.